The molecule has 2 heterocycles. The van der Waals surface area contributed by atoms with E-state index < -0.39 is 5.95 Å². The summed E-state index contributed by atoms with van der Waals surface area (Å²) < 4.78 is 13.4. The number of pyridine rings is 1. The van der Waals surface area contributed by atoms with Crippen LogP contribution in [0.5, 0.6) is 0 Å². The molecular formula is C11H16ClFN4. The van der Waals surface area contributed by atoms with Gasteiger partial charge in [0, 0.05) is 25.7 Å². The van der Waals surface area contributed by atoms with Crippen molar-refractivity contribution in [3.63, 3.8) is 0 Å². The van der Waals surface area contributed by atoms with Crippen molar-refractivity contribution in [3.8, 4) is 0 Å². The van der Waals surface area contributed by atoms with E-state index in [4.69, 9.17) is 17.3 Å². The maximum atomic E-state index is 13.4. The average molecular weight is 259 g/mol. The molecule has 0 aromatic carbocycles. The van der Waals surface area contributed by atoms with Gasteiger partial charge in [0.2, 0.25) is 5.95 Å². The van der Waals surface area contributed by atoms with Gasteiger partial charge in [-0.2, -0.15) is 4.39 Å². The highest BCUT2D eigenvalue weighted by Gasteiger charge is 2.16. The minimum atomic E-state index is -0.695. The van der Waals surface area contributed by atoms with Crippen LogP contribution in [0.15, 0.2) is 6.07 Å². The topological polar surface area (TPSA) is 45.4 Å². The summed E-state index contributed by atoms with van der Waals surface area (Å²) in [7, 11) is 2.08. The van der Waals surface area contributed by atoms with Crippen LogP contribution in [0, 0.1) is 5.95 Å². The van der Waals surface area contributed by atoms with Gasteiger partial charge in [-0.3, -0.25) is 0 Å². The molecule has 0 bridgehead atoms. The molecular weight excluding hydrogens is 243 g/mol. The Kier molecular flexibility index (Phi) is 3.69. The lowest BCUT2D eigenvalue weighted by Crippen LogP contribution is -2.29. The summed E-state index contributed by atoms with van der Waals surface area (Å²) in [6.45, 7) is 3.66. The number of aromatic nitrogens is 1. The number of nitrogen functional groups attached to an aromatic ring is 1. The molecule has 1 aliphatic heterocycles. The molecule has 4 nitrogen and oxygen atoms in total. The molecule has 0 aliphatic carbocycles. The number of nitrogens with two attached hydrogens (primary N) is 1. The summed E-state index contributed by atoms with van der Waals surface area (Å²) in [5, 5.41) is -0.0966. The van der Waals surface area contributed by atoms with E-state index in [0.29, 0.717) is 5.82 Å². The van der Waals surface area contributed by atoms with Crippen LogP contribution < -0.4 is 10.6 Å². The summed E-state index contributed by atoms with van der Waals surface area (Å²) in [5.74, 6) is -0.126. The minimum absolute atomic E-state index is 0.0966. The molecule has 17 heavy (non-hydrogen) atoms. The van der Waals surface area contributed by atoms with Crippen molar-refractivity contribution >= 4 is 23.1 Å². The SMILES string of the molecule is CN1CCCN(c2cc(N)c(Cl)c(F)n2)CC1. The molecule has 94 valence electrons. The van der Waals surface area contributed by atoms with Crippen LogP contribution >= 0.6 is 11.6 Å². The van der Waals surface area contributed by atoms with Gasteiger partial charge in [-0.05, 0) is 20.0 Å². The second kappa shape index (κ2) is 5.06. The number of nitrogens with zero attached hydrogens (tertiary/aromatic N) is 3. The van der Waals surface area contributed by atoms with E-state index in [9.17, 15) is 4.39 Å². The van der Waals surface area contributed by atoms with Crippen molar-refractivity contribution in [2.45, 2.75) is 6.42 Å². The standard InChI is InChI=1S/C11H16ClFN4/c1-16-3-2-4-17(6-5-16)9-7-8(14)10(12)11(13)15-9/h7H,2-6H2,1H3,(H2,14,15). The van der Waals surface area contributed by atoms with Crippen LogP contribution in [-0.4, -0.2) is 43.1 Å². The Morgan fingerprint density at radius 3 is 2.82 bits per heavy atom. The highest BCUT2D eigenvalue weighted by molar-refractivity contribution is 6.33. The number of hydrogen-bond donors (Lipinski definition) is 1. The average Bonchev–Trinajstić information content (AvgIpc) is 2.50. The lowest BCUT2D eigenvalue weighted by molar-refractivity contribution is 0.360. The van der Waals surface area contributed by atoms with Crippen molar-refractivity contribution in [3.05, 3.63) is 17.0 Å². The van der Waals surface area contributed by atoms with E-state index in [-0.39, 0.29) is 10.7 Å². The summed E-state index contributed by atoms with van der Waals surface area (Å²) in [4.78, 5) is 8.14. The molecule has 1 saturated heterocycles. The number of rotatable bonds is 1. The third kappa shape index (κ3) is 2.79. The van der Waals surface area contributed by atoms with Crippen LogP contribution in [-0.2, 0) is 0 Å². The van der Waals surface area contributed by atoms with Crippen molar-refractivity contribution in [2.75, 3.05) is 43.9 Å². The Morgan fingerprint density at radius 1 is 1.35 bits per heavy atom. The van der Waals surface area contributed by atoms with E-state index in [2.05, 4.69) is 16.9 Å². The van der Waals surface area contributed by atoms with Crippen molar-refractivity contribution < 1.29 is 4.39 Å². The Balaban J connectivity index is 2.21. The van der Waals surface area contributed by atoms with Crippen molar-refractivity contribution in [1.29, 1.82) is 0 Å². The van der Waals surface area contributed by atoms with Crippen LogP contribution in [0.25, 0.3) is 0 Å². The van der Waals surface area contributed by atoms with Gasteiger partial charge in [-0.15, -0.1) is 0 Å². The fourth-order valence-electron chi connectivity index (χ4n) is 1.94. The van der Waals surface area contributed by atoms with Crippen LogP contribution in [0.2, 0.25) is 5.02 Å². The molecule has 1 aromatic heterocycles. The van der Waals surface area contributed by atoms with Crippen LogP contribution in [0.3, 0.4) is 0 Å². The Bertz CT molecular complexity index is 389. The summed E-state index contributed by atoms with van der Waals surface area (Å²) in [6, 6.07) is 1.64. The minimum Gasteiger partial charge on any atom is -0.397 e. The van der Waals surface area contributed by atoms with Gasteiger partial charge in [0.25, 0.3) is 0 Å². The molecule has 1 aliphatic rings. The monoisotopic (exact) mass is 258 g/mol. The van der Waals surface area contributed by atoms with Crippen molar-refractivity contribution in [2.24, 2.45) is 0 Å². The lowest BCUT2D eigenvalue weighted by Gasteiger charge is -2.22. The molecule has 1 fully saturated rings. The highest BCUT2D eigenvalue weighted by atomic mass is 35.5. The van der Waals surface area contributed by atoms with E-state index in [0.717, 1.165) is 32.6 Å². The number of hydrogen-bond acceptors (Lipinski definition) is 4. The fraction of sp³-hybridized carbons (Fsp3) is 0.545. The number of anilines is 2. The molecule has 0 spiro atoms. The van der Waals surface area contributed by atoms with Gasteiger partial charge < -0.3 is 15.5 Å². The Morgan fingerprint density at radius 2 is 2.12 bits per heavy atom. The predicted molar refractivity (Wildman–Crippen MR) is 67.9 cm³/mol. The molecule has 2 rings (SSSR count). The van der Waals surface area contributed by atoms with Crippen molar-refractivity contribution in [1.82, 2.24) is 9.88 Å². The zero-order chi connectivity index (χ0) is 12.4. The first-order valence-corrected chi connectivity index (χ1v) is 6.00. The molecule has 0 saturated carbocycles. The van der Waals surface area contributed by atoms with E-state index in [1.807, 2.05) is 4.90 Å². The Labute approximate surface area is 105 Å². The second-order valence-electron chi connectivity index (χ2n) is 4.32. The maximum Gasteiger partial charge on any atom is 0.235 e. The lowest BCUT2D eigenvalue weighted by atomic mass is 10.3. The second-order valence-corrected chi connectivity index (χ2v) is 4.70. The number of halogens is 2. The first-order valence-electron chi connectivity index (χ1n) is 5.63. The summed E-state index contributed by atoms with van der Waals surface area (Å²) in [5.41, 5.74) is 5.89. The zero-order valence-electron chi connectivity index (χ0n) is 9.79. The summed E-state index contributed by atoms with van der Waals surface area (Å²) >= 11 is 5.65. The first kappa shape index (κ1) is 12.4. The van der Waals surface area contributed by atoms with Gasteiger partial charge in [0.15, 0.2) is 0 Å². The van der Waals surface area contributed by atoms with Gasteiger partial charge in [-0.25, -0.2) is 4.98 Å². The number of likely N-dealkylation sites (N-methyl/N-ethyl adjacent to an activating group) is 1. The first-order chi connectivity index (χ1) is 8.08. The van der Waals surface area contributed by atoms with Gasteiger partial charge in [-0.1, -0.05) is 11.6 Å². The molecule has 2 N–H and O–H groups in total. The quantitative estimate of drug-likeness (QED) is 0.778. The largest absolute Gasteiger partial charge is 0.397 e. The molecule has 0 amide bonds. The molecule has 1 aromatic rings. The third-order valence-electron chi connectivity index (χ3n) is 2.98. The molecule has 0 unspecified atom stereocenters. The van der Waals surface area contributed by atoms with Gasteiger partial charge in [0.05, 0.1) is 5.69 Å². The summed E-state index contributed by atoms with van der Waals surface area (Å²) in [6.07, 6.45) is 1.03. The highest BCUT2D eigenvalue weighted by Crippen LogP contribution is 2.26. The predicted octanol–water partition coefficient (Wildman–Crippen LogP) is 1.60. The van der Waals surface area contributed by atoms with E-state index in [1.54, 1.807) is 6.07 Å². The maximum absolute atomic E-state index is 13.4. The zero-order valence-corrected chi connectivity index (χ0v) is 10.5. The fourth-order valence-corrected chi connectivity index (χ4v) is 2.04. The van der Waals surface area contributed by atoms with E-state index in [1.165, 1.54) is 0 Å². The third-order valence-corrected chi connectivity index (χ3v) is 3.35. The van der Waals surface area contributed by atoms with Gasteiger partial charge in [0.1, 0.15) is 10.8 Å². The normalized spacial score (nSPS) is 18.2. The van der Waals surface area contributed by atoms with Gasteiger partial charge >= 0.3 is 0 Å². The van der Waals surface area contributed by atoms with Crippen LogP contribution in [0.4, 0.5) is 15.9 Å². The smallest absolute Gasteiger partial charge is 0.235 e. The van der Waals surface area contributed by atoms with E-state index >= 15 is 0 Å². The molecule has 0 atom stereocenters. The Hall–Kier alpha value is -1.07. The molecule has 0 radical (unpaired) electrons. The molecule has 6 heteroatoms. The van der Waals surface area contributed by atoms with Crippen LogP contribution in [0.1, 0.15) is 6.42 Å².